The number of methoxy groups -OCH3 is 2. The highest BCUT2D eigenvalue weighted by Gasteiger charge is 2.26. The second kappa shape index (κ2) is 10.9. The predicted octanol–water partition coefficient (Wildman–Crippen LogP) is 2.60. The van der Waals surface area contributed by atoms with Crippen molar-refractivity contribution >= 4 is 28.8 Å². The largest absolute Gasteiger partial charge is 0.497 e. The van der Waals surface area contributed by atoms with Crippen LogP contribution in [0.4, 0.5) is 0 Å². The minimum Gasteiger partial charge on any atom is -0.497 e. The third-order valence-electron chi connectivity index (χ3n) is 5.67. The van der Waals surface area contributed by atoms with Crippen molar-refractivity contribution in [2.45, 2.75) is 40.3 Å². The van der Waals surface area contributed by atoms with E-state index in [9.17, 15) is 14.4 Å². The van der Waals surface area contributed by atoms with Crippen molar-refractivity contribution in [1.82, 2.24) is 25.7 Å². The standard InChI is InChI=1S/C25H31N5O5/c1-7-30-15(4)26-20-12-16(8-9-21(20)30)24(32)28-29-25(33)22(14(2)3)27-23(31)17-10-18(34-5)13-19(11-17)35-6/h8-14,22H,7H2,1-6H3,(H,27,31)(H,28,32)(H,29,33)/t22-/m0/s1. The number of ether oxygens (including phenoxy) is 2. The molecular formula is C25H31N5O5. The lowest BCUT2D eigenvalue weighted by atomic mass is 10.0. The zero-order chi connectivity index (χ0) is 25.7. The molecule has 1 heterocycles. The molecule has 186 valence electrons. The average molecular weight is 482 g/mol. The number of imidazole rings is 1. The van der Waals surface area contributed by atoms with E-state index in [4.69, 9.17) is 9.47 Å². The first-order valence-corrected chi connectivity index (χ1v) is 11.3. The van der Waals surface area contributed by atoms with Crippen molar-refractivity contribution in [2.24, 2.45) is 5.92 Å². The molecule has 0 bridgehead atoms. The van der Waals surface area contributed by atoms with Crippen LogP contribution in [0.3, 0.4) is 0 Å². The SMILES string of the molecule is CCn1c(C)nc2cc(C(=O)NNC(=O)[C@@H](NC(=O)c3cc(OC)cc(OC)c3)C(C)C)ccc21. The number of carbonyl (C=O) groups excluding carboxylic acids is 3. The van der Waals surface area contributed by atoms with Gasteiger partial charge in [0.15, 0.2) is 0 Å². The van der Waals surface area contributed by atoms with Gasteiger partial charge in [0, 0.05) is 23.7 Å². The van der Waals surface area contributed by atoms with E-state index < -0.39 is 23.8 Å². The van der Waals surface area contributed by atoms with Gasteiger partial charge in [-0.25, -0.2) is 4.98 Å². The van der Waals surface area contributed by atoms with Gasteiger partial charge < -0.3 is 19.4 Å². The van der Waals surface area contributed by atoms with Gasteiger partial charge >= 0.3 is 0 Å². The molecule has 0 saturated heterocycles. The number of carbonyl (C=O) groups is 3. The smallest absolute Gasteiger partial charge is 0.269 e. The second-order valence-corrected chi connectivity index (χ2v) is 8.35. The molecular weight excluding hydrogens is 450 g/mol. The number of aromatic nitrogens is 2. The monoisotopic (exact) mass is 481 g/mol. The van der Waals surface area contributed by atoms with Crippen molar-refractivity contribution in [3.8, 4) is 11.5 Å². The normalized spacial score (nSPS) is 11.7. The third-order valence-corrected chi connectivity index (χ3v) is 5.67. The van der Waals surface area contributed by atoms with Crippen molar-refractivity contribution in [3.63, 3.8) is 0 Å². The molecule has 3 N–H and O–H groups in total. The molecule has 10 nitrogen and oxygen atoms in total. The van der Waals surface area contributed by atoms with Gasteiger partial charge in [-0.3, -0.25) is 25.2 Å². The molecule has 1 atom stereocenters. The lowest BCUT2D eigenvalue weighted by Gasteiger charge is -2.22. The van der Waals surface area contributed by atoms with E-state index in [1.165, 1.54) is 14.2 Å². The van der Waals surface area contributed by atoms with Crippen LogP contribution < -0.4 is 25.6 Å². The van der Waals surface area contributed by atoms with Gasteiger partial charge in [0.05, 0.1) is 25.3 Å². The van der Waals surface area contributed by atoms with Gasteiger partial charge in [0.25, 0.3) is 17.7 Å². The Balaban J connectivity index is 1.68. The molecule has 0 fully saturated rings. The summed E-state index contributed by atoms with van der Waals surface area (Å²) in [5.41, 5.74) is 7.09. The van der Waals surface area contributed by atoms with Crippen LogP contribution in [0.25, 0.3) is 11.0 Å². The molecule has 0 radical (unpaired) electrons. The fourth-order valence-electron chi connectivity index (χ4n) is 3.76. The van der Waals surface area contributed by atoms with Gasteiger partial charge in [0.2, 0.25) is 0 Å². The van der Waals surface area contributed by atoms with Gasteiger partial charge in [-0.1, -0.05) is 13.8 Å². The fraction of sp³-hybridized carbons (Fsp3) is 0.360. The van der Waals surface area contributed by atoms with Gasteiger partial charge in [-0.15, -0.1) is 0 Å². The van der Waals surface area contributed by atoms with E-state index in [2.05, 4.69) is 21.2 Å². The van der Waals surface area contributed by atoms with Crippen LogP contribution >= 0.6 is 0 Å². The maximum absolute atomic E-state index is 12.8. The van der Waals surface area contributed by atoms with Crippen LogP contribution in [-0.2, 0) is 11.3 Å². The molecule has 3 amide bonds. The van der Waals surface area contributed by atoms with Crippen molar-refractivity contribution < 1.29 is 23.9 Å². The zero-order valence-electron chi connectivity index (χ0n) is 20.8. The van der Waals surface area contributed by atoms with Crippen LogP contribution in [0.15, 0.2) is 36.4 Å². The second-order valence-electron chi connectivity index (χ2n) is 8.35. The number of amides is 3. The first-order chi connectivity index (χ1) is 16.7. The number of nitrogens with zero attached hydrogens (tertiary/aromatic N) is 2. The van der Waals surface area contributed by atoms with Crippen LogP contribution in [0.1, 0.15) is 47.3 Å². The van der Waals surface area contributed by atoms with Crippen LogP contribution in [0.5, 0.6) is 11.5 Å². The summed E-state index contributed by atoms with van der Waals surface area (Å²) in [6.45, 7) is 8.29. The molecule has 0 aliphatic carbocycles. The minimum atomic E-state index is -0.898. The van der Waals surface area contributed by atoms with Gasteiger partial charge in [-0.2, -0.15) is 0 Å². The third kappa shape index (κ3) is 5.71. The lowest BCUT2D eigenvalue weighted by molar-refractivity contribution is -0.124. The van der Waals surface area contributed by atoms with Crippen molar-refractivity contribution in [2.75, 3.05) is 14.2 Å². The molecule has 2 aromatic carbocycles. The fourth-order valence-corrected chi connectivity index (χ4v) is 3.76. The number of rotatable bonds is 8. The number of benzene rings is 2. The van der Waals surface area contributed by atoms with E-state index in [-0.39, 0.29) is 11.5 Å². The van der Waals surface area contributed by atoms with E-state index in [1.54, 1.807) is 44.2 Å². The zero-order valence-corrected chi connectivity index (χ0v) is 20.8. The topological polar surface area (TPSA) is 124 Å². The summed E-state index contributed by atoms with van der Waals surface area (Å²) >= 11 is 0. The summed E-state index contributed by atoms with van der Waals surface area (Å²) in [5.74, 6) is -0.0153. The number of fused-ring (bicyclic) bond motifs is 1. The molecule has 1 aromatic heterocycles. The number of hydrogen-bond donors (Lipinski definition) is 3. The molecule has 0 spiro atoms. The molecule has 35 heavy (non-hydrogen) atoms. The summed E-state index contributed by atoms with van der Waals surface area (Å²) < 4.78 is 12.5. The van der Waals surface area contributed by atoms with Crippen LogP contribution in [0, 0.1) is 12.8 Å². The maximum atomic E-state index is 12.8. The quantitative estimate of drug-likeness (QED) is 0.425. The average Bonchev–Trinajstić information content (AvgIpc) is 3.18. The molecule has 10 heteroatoms. The van der Waals surface area contributed by atoms with E-state index >= 15 is 0 Å². The number of aryl methyl sites for hydroxylation is 2. The van der Waals surface area contributed by atoms with E-state index in [0.717, 1.165) is 17.9 Å². The minimum absolute atomic E-state index is 0.249. The summed E-state index contributed by atoms with van der Waals surface area (Å²) in [4.78, 5) is 42.8. The Morgan fingerprint density at radius 1 is 0.943 bits per heavy atom. The summed E-state index contributed by atoms with van der Waals surface area (Å²) in [6, 6.07) is 9.02. The Morgan fingerprint density at radius 3 is 2.17 bits per heavy atom. The van der Waals surface area contributed by atoms with Crippen LogP contribution in [0.2, 0.25) is 0 Å². The molecule has 3 aromatic rings. The Kier molecular flexibility index (Phi) is 7.95. The van der Waals surface area contributed by atoms with Crippen molar-refractivity contribution in [3.05, 3.63) is 53.3 Å². The summed E-state index contributed by atoms with van der Waals surface area (Å²) in [6.07, 6.45) is 0. The van der Waals surface area contributed by atoms with E-state index in [0.29, 0.717) is 22.6 Å². The number of nitrogens with one attached hydrogen (secondary N) is 3. The molecule has 0 aliphatic rings. The highest BCUT2D eigenvalue weighted by atomic mass is 16.5. The van der Waals surface area contributed by atoms with Crippen LogP contribution in [-0.4, -0.2) is 47.5 Å². The lowest BCUT2D eigenvalue weighted by Crippen LogP contribution is -2.54. The Hall–Kier alpha value is -4.08. The summed E-state index contributed by atoms with van der Waals surface area (Å²) in [5, 5.41) is 2.71. The molecule has 0 saturated carbocycles. The highest BCUT2D eigenvalue weighted by Crippen LogP contribution is 2.23. The number of hydrogen-bond acceptors (Lipinski definition) is 6. The van der Waals surface area contributed by atoms with Gasteiger partial charge in [-0.05, 0) is 50.1 Å². The summed E-state index contributed by atoms with van der Waals surface area (Å²) in [7, 11) is 2.97. The highest BCUT2D eigenvalue weighted by molar-refractivity contribution is 6.00. The Bertz CT molecular complexity index is 1230. The molecule has 0 aliphatic heterocycles. The Morgan fingerprint density at radius 2 is 1.60 bits per heavy atom. The molecule has 0 unspecified atom stereocenters. The molecule has 3 rings (SSSR count). The van der Waals surface area contributed by atoms with Crippen molar-refractivity contribution in [1.29, 1.82) is 0 Å². The van der Waals surface area contributed by atoms with Gasteiger partial charge in [0.1, 0.15) is 23.4 Å². The predicted molar refractivity (Wildman–Crippen MR) is 131 cm³/mol. The first-order valence-electron chi connectivity index (χ1n) is 11.3. The number of hydrazine groups is 1. The van der Waals surface area contributed by atoms with E-state index in [1.807, 2.05) is 24.5 Å². The maximum Gasteiger partial charge on any atom is 0.269 e. The Labute approximate surface area is 204 Å². The first kappa shape index (κ1) is 25.5.